The number of aliphatic carboxylic acids is 1. The number of aliphatic hydroxyl groups is 1. The Kier molecular flexibility index (Phi) is 5.53. The largest absolute Gasteiger partial charge is 0.550 e. The molecule has 1 saturated heterocycles. The molecule has 0 bridgehead atoms. The highest BCUT2D eigenvalue weighted by Crippen LogP contribution is 2.42. The quantitative estimate of drug-likeness (QED) is 0.287. The molecule has 1 N–H and O–H groups in total. The number of fused-ring (bicyclic) bond motifs is 2. The molecular weight excluding hydrogens is 434 g/mol. The highest BCUT2D eigenvalue weighted by atomic mass is 16.5. The molecule has 3 aliphatic rings. The molecule has 172 valence electrons. The number of piperidine rings is 1. The van der Waals surface area contributed by atoms with E-state index in [0.29, 0.717) is 48.6 Å². The second-order valence-electron chi connectivity index (χ2n) is 8.45. The third kappa shape index (κ3) is 3.79. The maximum absolute atomic E-state index is 12.1. The number of hydrogen-bond donors (Lipinski definition) is 1. The summed E-state index contributed by atoms with van der Waals surface area (Å²) >= 11 is 0. The SMILES string of the molecule is COc1ccc2c(-c3ccccc3C(O)=[N+]3CCC(C(=O)[O-])CC3)c3ccc(=O)cc-3oc2c1. The Morgan fingerprint density at radius 1 is 1.06 bits per heavy atom. The van der Waals surface area contributed by atoms with E-state index in [9.17, 15) is 19.8 Å². The molecule has 34 heavy (non-hydrogen) atoms. The smallest absolute Gasteiger partial charge is 0.368 e. The molecule has 0 radical (unpaired) electrons. The van der Waals surface area contributed by atoms with Crippen LogP contribution in [0.3, 0.4) is 0 Å². The number of methoxy groups -OCH3 is 1. The van der Waals surface area contributed by atoms with Crippen molar-refractivity contribution in [1.82, 2.24) is 0 Å². The molecule has 2 aromatic carbocycles. The van der Waals surface area contributed by atoms with E-state index in [4.69, 9.17) is 9.15 Å². The molecule has 1 fully saturated rings. The van der Waals surface area contributed by atoms with Gasteiger partial charge in [0.1, 0.15) is 30.2 Å². The van der Waals surface area contributed by atoms with Crippen LogP contribution >= 0.6 is 0 Å². The van der Waals surface area contributed by atoms with Crippen molar-refractivity contribution in [3.8, 4) is 28.2 Å². The van der Waals surface area contributed by atoms with Gasteiger partial charge in [0, 0.05) is 58.9 Å². The Morgan fingerprint density at radius 2 is 1.82 bits per heavy atom. The van der Waals surface area contributed by atoms with E-state index in [2.05, 4.69) is 0 Å². The van der Waals surface area contributed by atoms with Gasteiger partial charge in [-0.2, -0.15) is 4.58 Å². The number of carboxylic acids is 1. The van der Waals surface area contributed by atoms with Crippen LogP contribution in [0.25, 0.3) is 33.4 Å². The van der Waals surface area contributed by atoms with Crippen LogP contribution in [0.2, 0.25) is 0 Å². The van der Waals surface area contributed by atoms with Gasteiger partial charge in [-0.05, 0) is 30.3 Å². The van der Waals surface area contributed by atoms with E-state index in [-0.39, 0.29) is 11.3 Å². The summed E-state index contributed by atoms with van der Waals surface area (Å²) < 4.78 is 13.2. The molecule has 7 nitrogen and oxygen atoms in total. The van der Waals surface area contributed by atoms with Gasteiger partial charge in [-0.25, -0.2) is 0 Å². The summed E-state index contributed by atoms with van der Waals surface area (Å²) in [5.74, 6) is -0.396. The lowest BCUT2D eigenvalue weighted by molar-refractivity contribution is -0.547. The molecular formula is C27H23NO6. The van der Waals surface area contributed by atoms with Crippen molar-refractivity contribution in [2.75, 3.05) is 20.2 Å². The number of benzene rings is 3. The second kappa shape index (κ2) is 8.67. The normalized spacial score (nSPS) is 16.0. The second-order valence-corrected chi connectivity index (χ2v) is 8.45. The Morgan fingerprint density at radius 3 is 2.56 bits per heavy atom. The number of carbonyl (C=O) groups is 1. The molecule has 0 atom stereocenters. The fraction of sp³-hybridized carbons (Fsp3) is 0.222. The van der Waals surface area contributed by atoms with Crippen molar-refractivity contribution in [1.29, 1.82) is 0 Å². The van der Waals surface area contributed by atoms with Gasteiger partial charge < -0.3 is 24.2 Å². The molecule has 0 saturated carbocycles. The number of carboxylic acid groups (broad SMARTS) is 1. The number of hydrogen-bond acceptors (Lipinski definition) is 5. The van der Waals surface area contributed by atoms with Crippen molar-refractivity contribution in [3.05, 3.63) is 76.5 Å². The third-order valence-corrected chi connectivity index (χ3v) is 6.47. The maximum Gasteiger partial charge on any atom is 0.368 e. The van der Waals surface area contributed by atoms with Crippen LogP contribution in [0.15, 0.2) is 69.9 Å². The van der Waals surface area contributed by atoms with Gasteiger partial charge in [0.15, 0.2) is 5.43 Å². The summed E-state index contributed by atoms with van der Waals surface area (Å²) in [6.45, 7) is 0.836. The Bertz CT molecular complexity index is 1460. The van der Waals surface area contributed by atoms with E-state index < -0.39 is 11.9 Å². The van der Waals surface area contributed by atoms with Crippen molar-refractivity contribution in [2.24, 2.45) is 5.92 Å². The van der Waals surface area contributed by atoms with Crippen LogP contribution in [0.5, 0.6) is 5.75 Å². The van der Waals surface area contributed by atoms with Crippen LogP contribution in [0.4, 0.5) is 0 Å². The van der Waals surface area contributed by atoms with Crippen molar-refractivity contribution < 1.29 is 28.7 Å². The molecule has 0 unspecified atom stereocenters. The van der Waals surface area contributed by atoms with E-state index in [1.807, 2.05) is 36.4 Å². The van der Waals surface area contributed by atoms with Crippen LogP contribution in [0, 0.1) is 5.92 Å². The van der Waals surface area contributed by atoms with Gasteiger partial charge in [-0.15, -0.1) is 0 Å². The summed E-state index contributed by atoms with van der Waals surface area (Å²) in [6, 6.07) is 17.7. The number of rotatable bonds is 4. The monoisotopic (exact) mass is 457 g/mol. The average molecular weight is 457 g/mol. The summed E-state index contributed by atoms with van der Waals surface area (Å²) in [6.07, 6.45) is 0.827. The average Bonchev–Trinajstić information content (AvgIpc) is 2.86. The zero-order valence-electron chi connectivity index (χ0n) is 18.6. The molecule has 0 aromatic heterocycles. The first-order valence-electron chi connectivity index (χ1n) is 11.1. The lowest BCUT2D eigenvalue weighted by Crippen LogP contribution is -2.39. The van der Waals surface area contributed by atoms with Gasteiger partial charge in [-0.1, -0.05) is 18.2 Å². The molecule has 0 amide bonds. The number of aliphatic hydroxyl groups excluding tert-OH is 1. The highest BCUT2D eigenvalue weighted by molar-refractivity contribution is 6.07. The first-order valence-corrected chi connectivity index (χ1v) is 11.1. The fourth-order valence-corrected chi connectivity index (χ4v) is 4.66. The van der Waals surface area contributed by atoms with E-state index in [1.165, 1.54) is 12.1 Å². The molecule has 2 aliphatic heterocycles. The van der Waals surface area contributed by atoms with Crippen LogP contribution in [-0.4, -0.2) is 41.7 Å². The minimum atomic E-state index is -1.04. The molecule has 2 heterocycles. The molecule has 0 spiro atoms. The van der Waals surface area contributed by atoms with E-state index in [1.54, 1.807) is 23.8 Å². The van der Waals surface area contributed by atoms with Gasteiger partial charge >= 0.3 is 5.90 Å². The molecule has 2 aromatic rings. The van der Waals surface area contributed by atoms with E-state index >= 15 is 0 Å². The predicted octanol–water partition coefficient (Wildman–Crippen LogP) is 3.05. The van der Waals surface area contributed by atoms with Crippen molar-refractivity contribution in [2.45, 2.75) is 12.8 Å². The van der Waals surface area contributed by atoms with Gasteiger partial charge in [0.05, 0.1) is 12.7 Å². The Labute approximate surface area is 195 Å². The summed E-state index contributed by atoms with van der Waals surface area (Å²) in [5, 5.41) is 23.3. The topological polar surface area (TPSA) is 103 Å². The summed E-state index contributed by atoms with van der Waals surface area (Å²) in [5.41, 5.74) is 3.35. The number of carbonyl (C=O) groups excluding carboxylic acids is 1. The minimum Gasteiger partial charge on any atom is -0.550 e. The number of nitrogens with zero attached hydrogens (tertiary/aromatic N) is 1. The lowest BCUT2D eigenvalue weighted by atomic mass is 9.90. The van der Waals surface area contributed by atoms with E-state index in [0.717, 1.165) is 22.1 Å². The minimum absolute atomic E-state index is 0.0865. The predicted molar refractivity (Wildman–Crippen MR) is 126 cm³/mol. The van der Waals surface area contributed by atoms with Gasteiger partial charge in [0.25, 0.3) is 0 Å². The molecule has 1 aliphatic carbocycles. The van der Waals surface area contributed by atoms with Crippen molar-refractivity contribution >= 4 is 22.8 Å². The molecule has 7 heteroatoms. The Hall–Kier alpha value is -4.13. The Balaban J connectivity index is 1.73. The van der Waals surface area contributed by atoms with Crippen LogP contribution < -0.4 is 15.3 Å². The zero-order chi connectivity index (χ0) is 23.8. The van der Waals surface area contributed by atoms with Crippen molar-refractivity contribution in [3.63, 3.8) is 0 Å². The summed E-state index contributed by atoms with van der Waals surface area (Å²) in [4.78, 5) is 23.3. The maximum atomic E-state index is 12.1. The number of ether oxygens (including phenoxy) is 1. The van der Waals surface area contributed by atoms with Gasteiger partial charge in [0.2, 0.25) is 0 Å². The lowest BCUT2D eigenvalue weighted by Gasteiger charge is -2.22. The first kappa shape index (κ1) is 21.7. The highest BCUT2D eigenvalue weighted by Gasteiger charge is 2.28. The fourth-order valence-electron chi connectivity index (χ4n) is 4.66. The van der Waals surface area contributed by atoms with Crippen LogP contribution in [0.1, 0.15) is 18.4 Å². The standard InChI is InChI=1S/C27H23NO6/c1-33-18-7-9-22-24(15-18)34-23-14-17(29)6-8-21(23)25(22)19-4-2-3-5-20(19)26(30)28-12-10-16(11-13-28)27(31)32/h2-9,14-16H,10-13H2,1H3,(H,31,32). The first-order chi connectivity index (χ1) is 16.5. The zero-order valence-corrected chi connectivity index (χ0v) is 18.6. The van der Waals surface area contributed by atoms with Crippen LogP contribution in [-0.2, 0) is 4.79 Å². The third-order valence-electron chi connectivity index (χ3n) is 6.47. The molecule has 5 rings (SSSR count). The summed E-state index contributed by atoms with van der Waals surface area (Å²) in [7, 11) is 1.57. The van der Waals surface area contributed by atoms with Gasteiger partial charge in [-0.3, -0.25) is 4.79 Å².